The van der Waals surface area contributed by atoms with E-state index in [1.54, 1.807) is 0 Å². The van der Waals surface area contributed by atoms with Crippen LogP contribution in [0.25, 0.3) is 0 Å². The van der Waals surface area contributed by atoms with E-state index in [0.717, 1.165) is 6.07 Å². The first-order valence-corrected chi connectivity index (χ1v) is 7.66. The molecule has 0 aliphatic heterocycles. The lowest BCUT2D eigenvalue weighted by Crippen LogP contribution is -2.07. The molecule has 0 radical (unpaired) electrons. The molecule has 110 valence electrons. The normalized spacial score (nSPS) is 10.8. The number of halogens is 6. The number of ketones is 1. The van der Waals surface area contributed by atoms with E-state index in [9.17, 15) is 9.18 Å². The van der Waals surface area contributed by atoms with E-state index in [4.69, 9.17) is 52.1 Å². The number of anilines is 1. The molecule has 2 N–H and O–H groups in total. The van der Waals surface area contributed by atoms with Crippen molar-refractivity contribution in [2.45, 2.75) is 0 Å². The van der Waals surface area contributed by atoms with Crippen molar-refractivity contribution >= 4 is 73.8 Å². The molecular weight excluding hydrogens is 427 g/mol. The third-order valence-corrected chi connectivity index (χ3v) is 4.89. The largest absolute Gasteiger partial charge is 0.396 e. The summed E-state index contributed by atoms with van der Waals surface area (Å²) in [5.41, 5.74) is 5.38. The van der Waals surface area contributed by atoms with Crippen LogP contribution in [0.1, 0.15) is 15.9 Å². The van der Waals surface area contributed by atoms with E-state index >= 15 is 0 Å². The van der Waals surface area contributed by atoms with Crippen LogP contribution in [0.15, 0.2) is 22.7 Å². The summed E-state index contributed by atoms with van der Waals surface area (Å²) in [6.45, 7) is 0. The van der Waals surface area contributed by atoms with Gasteiger partial charge in [-0.2, -0.15) is 0 Å². The molecule has 0 bridgehead atoms. The Morgan fingerprint density at radius 3 is 2.29 bits per heavy atom. The first-order chi connectivity index (χ1) is 9.73. The van der Waals surface area contributed by atoms with Crippen LogP contribution in [0.4, 0.5) is 10.1 Å². The summed E-state index contributed by atoms with van der Waals surface area (Å²) in [5, 5.41) is 0.0985. The van der Waals surface area contributed by atoms with Crippen LogP contribution in [0, 0.1) is 5.82 Å². The molecule has 0 aliphatic carbocycles. The van der Waals surface area contributed by atoms with E-state index in [1.165, 1.54) is 12.1 Å². The number of rotatable bonds is 2. The van der Waals surface area contributed by atoms with Gasteiger partial charge in [0.15, 0.2) is 5.78 Å². The molecule has 2 nitrogen and oxygen atoms in total. The second kappa shape index (κ2) is 6.31. The number of hydrogen-bond acceptors (Lipinski definition) is 2. The molecule has 2 rings (SSSR count). The molecule has 0 spiro atoms. The minimum Gasteiger partial charge on any atom is -0.396 e. The number of hydrogen-bond donors (Lipinski definition) is 1. The van der Waals surface area contributed by atoms with Crippen LogP contribution in [-0.2, 0) is 0 Å². The average Bonchev–Trinajstić information content (AvgIpc) is 2.40. The van der Waals surface area contributed by atoms with Crippen molar-refractivity contribution in [1.82, 2.24) is 0 Å². The lowest BCUT2D eigenvalue weighted by atomic mass is 10.0. The molecule has 0 atom stereocenters. The van der Waals surface area contributed by atoms with Gasteiger partial charge in [0.05, 0.1) is 31.3 Å². The summed E-state index contributed by atoms with van der Waals surface area (Å²) in [6, 6.07) is 3.59. The zero-order chi connectivity index (χ0) is 15.9. The first kappa shape index (κ1) is 16.8. The van der Waals surface area contributed by atoms with Crippen LogP contribution < -0.4 is 5.73 Å². The van der Waals surface area contributed by atoms with Crippen LogP contribution in [0.5, 0.6) is 0 Å². The van der Waals surface area contributed by atoms with Gasteiger partial charge in [-0.25, -0.2) is 4.39 Å². The Balaban J connectivity index is 2.66. The van der Waals surface area contributed by atoms with Gasteiger partial charge in [-0.1, -0.05) is 46.4 Å². The molecule has 2 aromatic rings. The average molecular weight is 432 g/mol. The van der Waals surface area contributed by atoms with Crippen LogP contribution in [-0.4, -0.2) is 5.78 Å². The SMILES string of the molecule is Nc1cc(C(=O)c2c(Cl)cc(Cl)c(Cl)c2Cl)c(Br)cc1F. The maximum absolute atomic E-state index is 13.3. The third kappa shape index (κ3) is 3.15. The van der Waals surface area contributed by atoms with Crippen molar-refractivity contribution in [2.75, 3.05) is 5.73 Å². The minimum absolute atomic E-state index is 0.0114. The van der Waals surface area contributed by atoms with Crippen molar-refractivity contribution in [3.05, 3.63) is 59.7 Å². The van der Waals surface area contributed by atoms with Gasteiger partial charge in [-0.05, 0) is 34.1 Å². The maximum Gasteiger partial charge on any atom is 0.197 e. The molecule has 0 amide bonds. The molecule has 0 aliphatic rings. The second-order valence-corrected chi connectivity index (χ2v) is 6.45. The van der Waals surface area contributed by atoms with Crippen LogP contribution >= 0.6 is 62.3 Å². The topological polar surface area (TPSA) is 43.1 Å². The lowest BCUT2D eigenvalue weighted by Gasteiger charge is -2.11. The fourth-order valence-corrected chi connectivity index (χ4v) is 3.23. The van der Waals surface area contributed by atoms with Crippen molar-refractivity contribution in [2.24, 2.45) is 0 Å². The van der Waals surface area contributed by atoms with Gasteiger partial charge in [0.25, 0.3) is 0 Å². The van der Waals surface area contributed by atoms with Crippen molar-refractivity contribution in [1.29, 1.82) is 0 Å². The Hall–Kier alpha value is -0.520. The standard InChI is InChI=1S/C13H5BrCl4FNO/c14-5-2-8(19)9(20)1-4(5)13(21)10-6(15)3-7(16)11(17)12(10)18/h1-3H,20H2. The summed E-state index contributed by atoms with van der Waals surface area (Å²) in [5.74, 6) is -1.20. The molecule has 0 saturated carbocycles. The van der Waals surface area contributed by atoms with Gasteiger partial charge in [0, 0.05) is 10.0 Å². The van der Waals surface area contributed by atoms with Crippen molar-refractivity contribution in [3.8, 4) is 0 Å². The van der Waals surface area contributed by atoms with Gasteiger partial charge in [-0.15, -0.1) is 0 Å². The molecule has 8 heteroatoms. The zero-order valence-corrected chi connectivity index (χ0v) is 14.6. The molecule has 2 aromatic carbocycles. The summed E-state index contributed by atoms with van der Waals surface area (Å²) in [4.78, 5) is 12.6. The maximum atomic E-state index is 13.3. The number of carbonyl (C=O) groups excluding carboxylic acids is 1. The molecule has 0 unspecified atom stereocenters. The van der Waals surface area contributed by atoms with Crippen molar-refractivity contribution in [3.63, 3.8) is 0 Å². The molecule has 21 heavy (non-hydrogen) atoms. The first-order valence-electron chi connectivity index (χ1n) is 5.36. The summed E-state index contributed by atoms with van der Waals surface area (Å²) >= 11 is 26.9. The number of nitrogens with two attached hydrogens (primary N) is 1. The van der Waals surface area contributed by atoms with Gasteiger partial charge in [0.2, 0.25) is 0 Å². The fraction of sp³-hybridized carbons (Fsp3) is 0. The molecule has 0 aromatic heterocycles. The highest BCUT2D eigenvalue weighted by Crippen LogP contribution is 2.39. The van der Waals surface area contributed by atoms with Crippen LogP contribution in [0.2, 0.25) is 20.1 Å². The van der Waals surface area contributed by atoms with Gasteiger partial charge in [-0.3, -0.25) is 4.79 Å². The number of carbonyl (C=O) groups is 1. The minimum atomic E-state index is -0.648. The van der Waals surface area contributed by atoms with E-state index in [1.807, 2.05) is 0 Å². The Kier molecular flexibility index (Phi) is 5.06. The van der Waals surface area contributed by atoms with E-state index in [0.29, 0.717) is 0 Å². The number of nitrogen functional groups attached to an aromatic ring is 1. The van der Waals surface area contributed by atoms with Crippen LogP contribution in [0.3, 0.4) is 0 Å². The van der Waals surface area contributed by atoms with Gasteiger partial charge >= 0.3 is 0 Å². The Bertz CT molecular complexity index is 767. The Labute approximate surface area is 148 Å². The summed E-state index contributed by atoms with van der Waals surface area (Å²) < 4.78 is 13.6. The smallest absolute Gasteiger partial charge is 0.197 e. The second-order valence-electron chi connectivity index (χ2n) is 4.03. The van der Waals surface area contributed by atoms with Gasteiger partial charge < -0.3 is 5.73 Å². The molecule has 0 heterocycles. The highest BCUT2D eigenvalue weighted by molar-refractivity contribution is 9.10. The van der Waals surface area contributed by atoms with Crippen molar-refractivity contribution < 1.29 is 9.18 Å². The highest BCUT2D eigenvalue weighted by Gasteiger charge is 2.23. The van der Waals surface area contributed by atoms with E-state index in [2.05, 4.69) is 15.9 Å². The Morgan fingerprint density at radius 1 is 1.05 bits per heavy atom. The third-order valence-electron chi connectivity index (χ3n) is 2.67. The molecular formula is C13H5BrCl4FNO. The summed E-state index contributed by atoms with van der Waals surface area (Å²) in [6.07, 6.45) is 0. The summed E-state index contributed by atoms with van der Waals surface area (Å²) in [7, 11) is 0. The number of benzene rings is 2. The zero-order valence-electron chi connectivity index (χ0n) is 9.99. The van der Waals surface area contributed by atoms with E-state index in [-0.39, 0.29) is 41.4 Å². The fourth-order valence-electron chi connectivity index (χ4n) is 1.65. The quantitative estimate of drug-likeness (QED) is 0.273. The predicted octanol–water partition coefficient (Wildman–Crippen LogP) is 6.02. The highest BCUT2D eigenvalue weighted by atomic mass is 79.9. The monoisotopic (exact) mass is 429 g/mol. The Morgan fingerprint density at radius 2 is 1.67 bits per heavy atom. The predicted molar refractivity (Wildman–Crippen MR) is 88.4 cm³/mol. The molecule has 0 saturated heterocycles. The van der Waals surface area contributed by atoms with E-state index < -0.39 is 11.6 Å². The van der Waals surface area contributed by atoms with Gasteiger partial charge in [0.1, 0.15) is 5.82 Å². The molecule has 0 fully saturated rings. The lowest BCUT2D eigenvalue weighted by molar-refractivity contribution is 0.103.